The number of rotatable bonds is 3. The van der Waals surface area contributed by atoms with Gasteiger partial charge in [-0.3, -0.25) is 9.69 Å². The van der Waals surface area contributed by atoms with E-state index in [0.717, 1.165) is 36.2 Å². The molecule has 2 saturated heterocycles. The van der Waals surface area contributed by atoms with Crippen molar-refractivity contribution in [3.63, 3.8) is 0 Å². The predicted octanol–water partition coefficient (Wildman–Crippen LogP) is 2.97. The molecule has 9 nitrogen and oxygen atoms in total. The van der Waals surface area contributed by atoms with Gasteiger partial charge >= 0.3 is 0 Å². The number of benzene rings is 2. The maximum atomic E-state index is 14.0. The second-order valence-electron chi connectivity index (χ2n) is 9.71. The molecule has 0 spiro atoms. The van der Waals surface area contributed by atoms with E-state index in [9.17, 15) is 9.18 Å². The fraction of sp³-hybridized carbons (Fsp3) is 0.423. The Morgan fingerprint density at radius 1 is 1.19 bits per heavy atom. The summed E-state index contributed by atoms with van der Waals surface area (Å²) in [4.78, 5) is 21.3. The van der Waals surface area contributed by atoms with E-state index in [2.05, 4.69) is 31.3 Å². The van der Waals surface area contributed by atoms with Crippen LogP contribution in [0.25, 0.3) is 10.5 Å². The zero-order valence-electron chi connectivity index (χ0n) is 20.0. The van der Waals surface area contributed by atoms with E-state index in [-0.39, 0.29) is 29.7 Å². The monoisotopic (exact) mass is 487 g/mol. The summed E-state index contributed by atoms with van der Waals surface area (Å²) in [5, 5.41) is 11.3. The van der Waals surface area contributed by atoms with Crippen molar-refractivity contribution in [2.24, 2.45) is 0 Å². The van der Waals surface area contributed by atoms with E-state index >= 15 is 0 Å². The van der Waals surface area contributed by atoms with Gasteiger partial charge in [0.15, 0.2) is 0 Å². The third-order valence-electron chi connectivity index (χ3n) is 7.80. The smallest absolute Gasteiger partial charge is 0.230 e. The van der Waals surface area contributed by atoms with E-state index < -0.39 is 5.82 Å². The number of nitrogens with zero attached hydrogens (tertiary/aromatic N) is 7. The highest BCUT2D eigenvalue weighted by Gasteiger charge is 2.39. The number of hydrogen-bond donors (Lipinski definition) is 0. The molecule has 184 valence electrons. The Bertz CT molecular complexity index is 1350. The van der Waals surface area contributed by atoms with Gasteiger partial charge < -0.3 is 9.64 Å². The van der Waals surface area contributed by atoms with E-state index in [1.165, 1.54) is 11.6 Å². The third kappa shape index (κ3) is 3.85. The molecule has 1 unspecified atom stereocenters. The van der Waals surface area contributed by atoms with Crippen molar-refractivity contribution in [1.82, 2.24) is 30.0 Å². The summed E-state index contributed by atoms with van der Waals surface area (Å²) in [7, 11) is 0. The molecule has 0 saturated carbocycles. The first-order chi connectivity index (χ1) is 17.5. The lowest BCUT2D eigenvalue weighted by Crippen LogP contribution is -2.60. The lowest BCUT2D eigenvalue weighted by molar-refractivity contribution is -0.141. The average Bonchev–Trinajstić information content (AvgIpc) is 3.58. The number of aromatic nitrogens is 4. The normalized spacial score (nSPS) is 23.7. The minimum Gasteiger partial charge on any atom is -0.371 e. The van der Waals surface area contributed by atoms with Gasteiger partial charge in [-0.25, -0.2) is 13.9 Å². The van der Waals surface area contributed by atoms with Crippen molar-refractivity contribution < 1.29 is 13.9 Å². The van der Waals surface area contributed by atoms with Crippen LogP contribution >= 0.6 is 0 Å². The van der Waals surface area contributed by atoms with Crippen LogP contribution in [0.2, 0.25) is 0 Å². The van der Waals surface area contributed by atoms with Crippen LogP contribution in [0.3, 0.4) is 0 Å². The number of ether oxygens (including phenoxy) is 1. The van der Waals surface area contributed by atoms with Gasteiger partial charge in [0, 0.05) is 26.2 Å². The van der Waals surface area contributed by atoms with E-state index in [1.807, 2.05) is 17.0 Å². The Balaban J connectivity index is 1.12. The fourth-order valence-electron chi connectivity index (χ4n) is 5.84. The van der Waals surface area contributed by atoms with Crippen molar-refractivity contribution in [2.45, 2.75) is 37.8 Å². The van der Waals surface area contributed by atoms with Crippen molar-refractivity contribution in [3.05, 3.63) is 76.1 Å². The Hall–Kier alpha value is -3.68. The van der Waals surface area contributed by atoms with Gasteiger partial charge in [0.05, 0.1) is 36.9 Å². The molecule has 10 heteroatoms. The van der Waals surface area contributed by atoms with Crippen molar-refractivity contribution in [3.8, 4) is 5.69 Å². The molecule has 2 aromatic carbocycles. The average molecular weight is 488 g/mol. The summed E-state index contributed by atoms with van der Waals surface area (Å²) >= 11 is 0. The number of hydrogen-bond acceptors (Lipinski definition) is 6. The Kier molecular flexibility index (Phi) is 5.74. The number of carbonyl (C=O) groups is 1. The van der Waals surface area contributed by atoms with Gasteiger partial charge in [-0.05, 0) is 70.6 Å². The number of carbonyl (C=O) groups excluding carboxylic acids is 1. The maximum Gasteiger partial charge on any atom is 0.230 e. The molecule has 1 amide bonds. The molecule has 0 radical (unpaired) electrons. The van der Waals surface area contributed by atoms with E-state index in [1.54, 1.807) is 24.0 Å². The maximum absolute atomic E-state index is 14.0. The Morgan fingerprint density at radius 2 is 2.06 bits per heavy atom. The van der Waals surface area contributed by atoms with Crippen LogP contribution in [0, 0.1) is 19.3 Å². The molecule has 3 aliphatic rings. The second-order valence-corrected chi connectivity index (χ2v) is 9.71. The molecule has 1 aliphatic carbocycles. The van der Waals surface area contributed by atoms with E-state index in [0.29, 0.717) is 31.8 Å². The SMILES string of the molecule is [C-]#[N+]c1c(F)ccc([C@H]2CN3CCN(C(=O)C4CCc5cc(-n6cnnn6)ccc54)C[C@H]3CO2)c1C. The molecule has 2 aliphatic heterocycles. The van der Waals surface area contributed by atoms with Crippen LogP contribution in [0.15, 0.2) is 36.7 Å². The fourth-order valence-corrected chi connectivity index (χ4v) is 5.84. The van der Waals surface area contributed by atoms with Gasteiger partial charge in [-0.1, -0.05) is 12.1 Å². The van der Waals surface area contributed by atoms with Crippen LogP contribution in [0.1, 0.15) is 40.7 Å². The number of halogens is 1. The Labute approximate surface area is 208 Å². The number of amides is 1. The summed E-state index contributed by atoms with van der Waals surface area (Å²) in [5.41, 5.74) is 4.75. The highest BCUT2D eigenvalue weighted by Crippen LogP contribution is 2.37. The minimum absolute atomic E-state index is 0.0653. The molecular weight excluding hydrogens is 461 g/mol. The number of fused-ring (bicyclic) bond motifs is 2. The zero-order valence-corrected chi connectivity index (χ0v) is 20.0. The summed E-state index contributed by atoms with van der Waals surface area (Å²) in [6.07, 6.45) is 3.03. The van der Waals surface area contributed by atoms with Gasteiger partial charge in [0.25, 0.3) is 0 Å². The molecule has 3 heterocycles. The van der Waals surface area contributed by atoms with E-state index in [4.69, 9.17) is 11.3 Å². The zero-order chi connectivity index (χ0) is 24.8. The van der Waals surface area contributed by atoms with Crippen LogP contribution in [-0.4, -0.2) is 74.7 Å². The molecular formula is C26H26FN7O2. The quantitative estimate of drug-likeness (QED) is 0.529. The number of piperazine rings is 1. The molecule has 3 aromatic rings. The van der Waals surface area contributed by atoms with Gasteiger partial charge in [0.2, 0.25) is 11.6 Å². The number of aryl methyl sites for hydroxylation is 1. The molecule has 0 bridgehead atoms. The topological polar surface area (TPSA) is 80.7 Å². The molecule has 6 rings (SSSR count). The lowest BCUT2D eigenvalue weighted by Gasteiger charge is -2.46. The molecule has 2 fully saturated rings. The minimum atomic E-state index is -0.493. The first-order valence-corrected chi connectivity index (χ1v) is 12.2. The van der Waals surface area contributed by atoms with Crippen LogP contribution < -0.4 is 0 Å². The summed E-state index contributed by atoms with van der Waals surface area (Å²) in [6, 6.07) is 9.28. The molecule has 3 atom stereocenters. The van der Waals surface area contributed by atoms with Gasteiger partial charge in [-0.2, -0.15) is 0 Å². The largest absolute Gasteiger partial charge is 0.371 e. The first kappa shape index (κ1) is 22.8. The number of morpholine rings is 1. The van der Waals surface area contributed by atoms with Gasteiger partial charge in [-0.15, -0.1) is 5.10 Å². The van der Waals surface area contributed by atoms with Crippen LogP contribution in [-0.2, 0) is 16.0 Å². The van der Waals surface area contributed by atoms with Crippen molar-refractivity contribution >= 4 is 11.6 Å². The predicted molar refractivity (Wildman–Crippen MR) is 128 cm³/mol. The highest BCUT2D eigenvalue weighted by atomic mass is 19.1. The van der Waals surface area contributed by atoms with Crippen molar-refractivity contribution in [2.75, 3.05) is 32.8 Å². The molecule has 0 N–H and O–H groups in total. The lowest BCUT2D eigenvalue weighted by atomic mass is 9.96. The van der Waals surface area contributed by atoms with Crippen LogP contribution in [0.4, 0.5) is 10.1 Å². The highest BCUT2D eigenvalue weighted by molar-refractivity contribution is 5.85. The first-order valence-electron chi connectivity index (χ1n) is 12.2. The third-order valence-corrected chi connectivity index (χ3v) is 7.80. The summed E-state index contributed by atoms with van der Waals surface area (Å²) < 4.78 is 21.8. The van der Waals surface area contributed by atoms with Gasteiger partial charge in [0.1, 0.15) is 12.1 Å². The molecule has 1 aromatic heterocycles. The number of tetrazole rings is 1. The summed E-state index contributed by atoms with van der Waals surface area (Å²) in [5.74, 6) is -0.436. The standard InChI is InChI=1S/C26H26FN7O2/c1-16-20(7-8-23(27)25(16)28-2)24-13-32-9-10-33(12-19(32)14-36-24)26(35)22-5-3-17-11-18(4-6-21(17)22)34-15-29-30-31-34/h4,6-8,11,15,19,22,24H,3,5,9-10,12-14H2,1H3/t19-,22?,24+/m0/s1. The van der Waals surface area contributed by atoms with Crippen molar-refractivity contribution in [1.29, 1.82) is 0 Å². The molecule has 36 heavy (non-hydrogen) atoms. The van der Waals surface area contributed by atoms with Crippen LogP contribution in [0.5, 0.6) is 0 Å². The Morgan fingerprint density at radius 3 is 2.86 bits per heavy atom. The summed E-state index contributed by atoms with van der Waals surface area (Å²) in [6.45, 7) is 12.3. The second kappa shape index (κ2) is 9.08.